The molecule has 5 aromatic rings. The van der Waals surface area contributed by atoms with Gasteiger partial charge in [-0.15, -0.1) is 5.10 Å². The third-order valence-electron chi connectivity index (χ3n) is 6.29. The number of nitrogens with one attached hydrogen (secondary N) is 1. The zero-order valence-corrected chi connectivity index (χ0v) is 18.3. The molecule has 1 aliphatic carbocycles. The lowest BCUT2D eigenvalue weighted by Crippen LogP contribution is -2.21. The molecule has 0 unspecified atom stereocenters. The first-order valence-electron chi connectivity index (χ1n) is 10.8. The van der Waals surface area contributed by atoms with E-state index in [1.54, 1.807) is 0 Å². The molecule has 1 aliphatic rings. The van der Waals surface area contributed by atoms with Crippen molar-refractivity contribution in [3.63, 3.8) is 0 Å². The highest BCUT2D eigenvalue weighted by Gasteiger charge is 2.23. The maximum Gasteiger partial charge on any atom is 0.177 e. The minimum absolute atomic E-state index is 0.179. The third kappa shape index (κ3) is 3.16. The molecule has 0 spiro atoms. The number of aromatic nitrogens is 5. The van der Waals surface area contributed by atoms with Crippen molar-refractivity contribution in [1.82, 2.24) is 24.4 Å². The Labute approximate surface area is 188 Å². The smallest absolute Gasteiger partial charge is 0.177 e. The Balaban J connectivity index is 1.45. The minimum Gasteiger partial charge on any atom is -0.452 e. The van der Waals surface area contributed by atoms with E-state index in [0.29, 0.717) is 17.4 Å². The first kappa shape index (κ1) is 19.4. The Bertz CT molecular complexity index is 1410. The second-order valence-electron chi connectivity index (χ2n) is 8.22. The lowest BCUT2D eigenvalue weighted by atomic mass is 9.93. The molecule has 1 saturated carbocycles. The first-order valence-corrected chi connectivity index (χ1v) is 11.5. The Morgan fingerprint density at radius 2 is 2.03 bits per heavy atom. The Morgan fingerprint density at radius 1 is 1.16 bits per heavy atom. The monoisotopic (exact) mass is 446 g/mol. The van der Waals surface area contributed by atoms with Gasteiger partial charge in [0.1, 0.15) is 11.3 Å². The molecule has 1 fully saturated rings. The van der Waals surface area contributed by atoms with Crippen LogP contribution in [0, 0.1) is 0 Å². The van der Waals surface area contributed by atoms with E-state index >= 15 is 0 Å². The van der Waals surface area contributed by atoms with Crippen LogP contribution in [0.2, 0.25) is 0 Å². The lowest BCUT2D eigenvalue weighted by Gasteiger charge is -2.25. The van der Waals surface area contributed by atoms with Gasteiger partial charge in [0.15, 0.2) is 11.4 Å². The number of furan rings is 1. The van der Waals surface area contributed by atoms with Gasteiger partial charge in [0.25, 0.3) is 0 Å². The fourth-order valence-electron chi connectivity index (χ4n) is 4.56. The molecule has 6 rings (SSSR count). The second kappa shape index (κ2) is 7.68. The molecular weight excluding hydrogens is 424 g/mol. The number of benzene rings is 1. The topological polar surface area (TPSA) is 102 Å². The summed E-state index contributed by atoms with van der Waals surface area (Å²) in [7, 11) is 1.84. The van der Waals surface area contributed by atoms with Crippen molar-refractivity contribution < 1.29 is 9.52 Å². The van der Waals surface area contributed by atoms with Gasteiger partial charge in [-0.2, -0.15) is 5.10 Å². The number of fused-ring (bicyclic) bond motifs is 2. The number of aliphatic hydroxyl groups excluding tert-OH is 1. The molecule has 162 valence electrons. The first-order chi connectivity index (χ1) is 15.7. The molecule has 0 aliphatic heterocycles. The largest absolute Gasteiger partial charge is 0.452 e. The highest BCUT2D eigenvalue weighted by atomic mass is 32.1. The van der Waals surface area contributed by atoms with Gasteiger partial charge >= 0.3 is 0 Å². The zero-order chi connectivity index (χ0) is 21.7. The lowest BCUT2D eigenvalue weighted by molar-refractivity contribution is 0.108. The summed E-state index contributed by atoms with van der Waals surface area (Å²) < 4.78 is 13.4. The average Bonchev–Trinajstić information content (AvgIpc) is 3.57. The summed E-state index contributed by atoms with van der Waals surface area (Å²) in [5.41, 5.74) is 4.52. The van der Waals surface area contributed by atoms with Crippen LogP contribution in [0.4, 0.5) is 5.82 Å². The van der Waals surface area contributed by atoms with Crippen LogP contribution in [-0.4, -0.2) is 42.6 Å². The molecule has 32 heavy (non-hydrogen) atoms. The summed E-state index contributed by atoms with van der Waals surface area (Å²) in [6.07, 6.45) is 9.20. The Morgan fingerprint density at radius 3 is 2.88 bits per heavy atom. The summed E-state index contributed by atoms with van der Waals surface area (Å²) in [5, 5.41) is 22.7. The maximum absolute atomic E-state index is 9.81. The quantitative estimate of drug-likeness (QED) is 0.406. The van der Waals surface area contributed by atoms with E-state index in [0.717, 1.165) is 63.7 Å². The molecule has 0 bridgehead atoms. The standard InChI is InChI=1S/C23H22N6O2S/c1-24-23-21-17(9-20(31-21)16-3-2-4-19-22(16)32-28-27-19)18(11-25-23)13-10-26-29(12-13)14-5-7-15(30)8-6-14/h2-4,9-12,14-15,30H,5-8H2,1H3,(H,24,25). The van der Waals surface area contributed by atoms with Gasteiger partial charge in [-0.1, -0.05) is 10.6 Å². The molecule has 2 N–H and O–H groups in total. The number of hydrogen-bond donors (Lipinski definition) is 2. The normalized spacial score (nSPS) is 19.1. The zero-order valence-electron chi connectivity index (χ0n) is 17.5. The number of anilines is 1. The molecule has 1 aromatic carbocycles. The van der Waals surface area contributed by atoms with Crippen LogP contribution in [0.3, 0.4) is 0 Å². The van der Waals surface area contributed by atoms with Crippen LogP contribution in [0.15, 0.2) is 47.3 Å². The van der Waals surface area contributed by atoms with E-state index < -0.39 is 0 Å². The van der Waals surface area contributed by atoms with E-state index in [9.17, 15) is 5.11 Å². The predicted octanol–water partition coefficient (Wildman–Crippen LogP) is 4.88. The van der Waals surface area contributed by atoms with Crippen molar-refractivity contribution in [3.05, 3.63) is 42.9 Å². The highest BCUT2D eigenvalue weighted by Crippen LogP contribution is 2.40. The van der Waals surface area contributed by atoms with Crippen molar-refractivity contribution in [2.75, 3.05) is 12.4 Å². The van der Waals surface area contributed by atoms with E-state index in [1.807, 2.05) is 42.3 Å². The molecule has 0 atom stereocenters. The van der Waals surface area contributed by atoms with Gasteiger partial charge in [-0.25, -0.2) is 4.98 Å². The predicted molar refractivity (Wildman–Crippen MR) is 125 cm³/mol. The Kier molecular flexibility index (Phi) is 4.65. The van der Waals surface area contributed by atoms with Gasteiger partial charge < -0.3 is 14.8 Å². The van der Waals surface area contributed by atoms with Crippen LogP contribution >= 0.6 is 11.5 Å². The van der Waals surface area contributed by atoms with Crippen LogP contribution in [-0.2, 0) is 0 Å². The fraction of sp³-hybridized carbons (Fsp3) is 0.304. The number of nitrogens with zero attached hydrogens (tertiary/aromatic N) is 5. The number of aliphatic hydroxyl groups is 1. The molecule has 8 nitrogen and oxygen atoms in total. The van der Waals surface area contributed by atoms with Crippen LogP contribution in [0.1, 0.15) is 31.7 Å². The maximum atomic E-state index is 9.81. The minimum atomic E-state index is -0.179. The SMILES string of the molecule is CNc1ncc(-c2cnn(C3CCC(O)CC3)c2)c2cc(-c3cccc4nnsc34)oc12. The molecule has 9 heteroatoms. The Hall–Kier alpha value is -3.30. The van der Waals surface area contributed by atoms with Gasteiger partial charge in [-0.3, -0.25) is 4.68 Å². The summed E-state index contributed by atoms with van der Waals surface area (Å²) >= 11 is 1.36. The number of rotatable bonds is 4. The number of pyridine rings is 1. The average molecular weight is 447 g/mol. The molecular formula is C23H22N6O2S. The van der Waals surface area contributed by atoms with Gasteiger partial charge in [0, 0.05) is 41.5 Å². The molecule has 0 amide bonds. The molecule has 0 saturated heterocycles. The summed E-state index contributed by atoms with van der Waals surface area (Å²) in [6, 6.07) is 8.34. The van der Waals surface area contributed by atoms with Crippen LogP contribution in [0.25, 0.3) is 43.6 Å². The van der Waals surface area contributed by atoms with E-state index in [2.05, 4.69) is 37.2 Å². The molecule has 4 aromatic heterocycles. The van der Waals surface area contributed by atoms with Gasteiger partial charge in [0.2, 0.25) is 0 Å². The van der Waals surface area contributed by atoms with E-state index in [4.69, 9.17) is 4.42 Å². The van der Waals surface area contributed by atoms with Gasteiger partial charge in [-0.05, 0) is 55.4 Å². The summed E-state index contributed by atoms with van der Waals surface area (Å²) in [6.45, 7) is 0. The summed E-state index contributed by atoms with van der Waals surface area (Å²) in [4.78, 5) is 4.60. The van der Waals surface area contributed by atoms with E-state index in [-0.39, 0.29) is 6.10 Å². The summed E-state index contributed by atoms with van der Waals surface area (Å²) in [5.74, 6) is 1.45. The highest BCUT2D eigenvalue weighted by molar-refractivity contribution is 7.13. The number of hydrogen-bond acceptors (Lipinski definition) is 8. The fourth-order valence-corrected chi connectivity index (χ4v) is 5.24. The van der Waals surface area contributed by atoms with Crippen molar-refractivity contribution >= 4 is 38.5 Å². The van der Waals surface area contributed by atoms with Gasteiger partial charge in [0.05, 0.1) is 23.0 Å². The van der Waals surface area contributed by atoms with Crippen LogP contribution in [0.5, 0.6) is 0 Å². The van der Waals surface area contributed by atoms with Crippen molar-refractivity contribution in [2.24, 2.45) is 0 Å². The van der Waals surface area contributed by atoms with Crippen molar-refractivity contribution in [3.8, 4) is 22.5 Å². The third-order valence-corrected chi connectivity index (χ3v) is 7.07. The van der Waals surface area contributed by atoms with E-state index in [1.165, 1.54) is 11.5 Å². The van der Waals surface area contributed by atoms with Crippen molar-refractivity contribution in [2.45, 2.75) is 37.8 Å². The molecule has 0 radical (unpaired) electrons. The van der Waals surface area contributed by atoms with Crippen LogP contribution < -0.4 is 5.32 Å². The molecule has 4 heterocycles. The van der Waals surface area contributed by atoms with Crippen molar-refractivity contribution in [1.29, 1.82) is 0 Å². The second-order valence-corrected chi connectivity index (χ2v) is 8.98.